The van der Waals surface area contributed by atoms with Gasteiger partial charge in [0.2, 0.25) is 9.84 Å². The predicted octanol–water partition coefficient (Wildman–Crippen LogP) is 4.88. The van der Waals surface area contributed by atoms with Gasteiger partial charge < -0.3 is 10.6 Å². The fourth-order valence-corrected chi connectivity index (χ4v) is 7.07. The quantitative estimate of drug-likeness (QED) is 0.221. The Morgan fingerprint density at radius 2 is 1.11 bits per heavy atom. The molecule has 4 N–H and O–H groups in total. The van der Waals surface area contributed by atoms with Crippen LogP contribution in [0.15, 0.2) is 81.2 Å². The number of thiocarbonyl (C=S) groups is 2. The molecule has 0 unspecified atom stereocenters. The highest BCUT2D eigenvalue weighted by Crippen LogP contribution is 2.45. The van der Waals surface area contributed by atoms with Gasteiger partial charge >= 0.3 is 0 Å². The van der Waals surface area contributed by atoms with Gasteiger partial charge in [-0.05, 0) is 71.6 Å². The van der Waals surface area contributed by atoms with E-state index in [1.165, 1.54) is 34.8 Å². The summed E-state index contributed by atoms with van der Waals surface area (Å²) in [5, 5.41) is 14.6. The largest absolute Gasteiger partial charge is 0.332 e. The molecule has 37 heavy (non-hydrogen) atoms. The maximum atomic E-state index is 13.4. The normalized spacial score (nSPS) is 12.6. The fraction of sp³-hybridized carbons (Fsp3) is 0. The predicted molar refractivity (Wildman–Crippen MR) is 153 cm³/mol. The Labute approximate surface area is 230 Å². The molecule has 0 radical (unpaired) electrons. The molecule has 0 fully saturated rings. The average molecular weight is 585 g/mol. The molecule has 4 aromatic rings. The van der Waals surface area contributed by atoms with Crippen molar-refractivity contribution in [3.05, 3.63) is 81.2 Å². The molecule has 0 spiro atoms. The molecule has 1 aliphatic heterocycles. The summed E-state index contributed by atoms with van der Waals surface area (Å²) >= 11 is 13.0. The number of carbonyl (C=O) groups is 2. The summed E-state index contributed by atoms with van der Waals surface area (Å²) in [6.07, 6.45) is 0. The number of hydrogen-bond donors (Lipinski definition) is 4. The standard InChI is InChI=1S/C24H16N4O4S5/c29-21(17-3-1-9-35-17)27-23(33)25-13-5-7-15-16-8-6-14(12-20(16)37(31,32)19(15)11-13)26-24(34)28-22(30)18-4-2-10-36-18/h1-12H,(H2,25,27,29,33)(H2,26,28,30,34). The third kappa shape index (κ3) is 5.17. The highest BCUT2D eigenvalue weighted by molar-refractivity contribution is 7.92. The first kappa shape index (κ1) is 25.2. The van der Waals surface area contributed by atoms with E-state index in [9.17, 15) is 18.0 Å². The molecule has 0 saturated heterocycles. The second-order valence-electron chi connectivity index (χ2n) is 7.70. The molecule has 0 saturated carbocycles. The molecule has 2 aromatic heterocycles. The highest BCUT2D eigenvalue weighted by Gasteiger charge is 2.33. The second-order valence-corrected chi connectivity index (χ2v) is 12.3. The Hall–Kier alpha value is -3.49. The van der Waals surface area contributed by atoms with Gasteiger partial charge in [0.05, 0.1) is 19.5 Å². The minimum atomic E-state index is -3.84. The van der Waals surface area contributed by atoms with Crippen LogP contribution in [0.5, 0.6) is 0 Å². The maximum Gasteiger partial charge on any atom is 0.267 e. The highest BCUT2D eigenvalue weighted by atomic mass is 32.2. The lowest BCUT2D eigenvalue weighted by atomic mass is 10.1. The minimum Gasteiger partial charge on any atom is -0.332 e. The van der Waals surface area contributed by atoms with Crippen LogP contribution in [0.4, 0.5) is 11.4 Å². The van der Waals surface area contributed by atoms with Gasteiger partial charge in [0.1, 0.15) is 0 Å². The summed E-state index contributed by atoms with van der Waals surface area (Å²) < 4.78 is 26.7. The molecule has 8 nitrogen and oxygen atoms in total. The van der Waals surface area contributed by atoms with Crippen LogP contribution in [0.1, 0.15) is 19.3 Å². The van der Waals surface area contributed by atoms with E-state index in [1.807, 2.05) is 0 Å². The minimum absolute atomic E-state index is 0.0517. The van der Waals surface area contributed by atoms with Crippen LogP contribution >= 0.6 is 47.1 Å². The summed E-state index contributed by atoms with van der Waals surface area (Å²) in [4.78, 5) is 25.7. The summed E-state index contributed by atoms with van der Waals surface area (Å²) in [6.45, 7) is 0. The average Bonchev–Trinajstić information content (AvgIpc) is 3.61. The van der Waals surface area contributed by atoms with Crippen molar-refractivity contribution in [1.29, 1.82) is 0 Å². The monoisotopic (exact) mass is 584 g/mol. The van der Waals surface area contributed by atoms with Crippen LogP contribution in [-0.2, 0) is 9.84 Å². The SMILES string of the molecule is O=C(NC(=S)Nc1ccc2c(c1)S(=O)(=O)c1cc(NC(=S)NC(=O)c3cccs3)ccc1-2)c1cccs1. The van der Waals surface area contributed by atoms with Gasteiger partial charge in [0.15, 0.2) is 10.2 Å². The van der Waals surface area contributed by atoms with Crippen LogP contribution in [0.25, 0.3) is 11.1 Å². The number of fused-ring (bicyclic) bond motifs is 3. The molecular formula is C24H16N4O4S5. The van der Waals surface area contributed by atoms with Gasteiger partial charge in [0, 0.05) is 22.5 Å². The van der Waals surface area contributed by atoms with Crippen molar-refractivity contribution in [2.75, 3.05) is 10.6 Å². The Morgan fingerprint density at radius 1 is 0.676 bits per heavy atom. The zero-order valence-corrected chi connectivity index (χ0v) is 22.7. The van der Waals surface area contributed by atoms with Crippen molar-refractivity contribution in [2.24, 2.45) is 0 Å². The molecule has 13 heteroatoms. The van der Waals surface area contributed by atoms with E-state index in [-0.39, 0.29) is 31.8 Å². The van der Waals surface area contributed by atoms with Crippen LogP contribution in [-0.4, -0.2) is 30.5 Å². The van der Waals surface area contributed by atoms with Crippen molar-refractivity contribution in [3.8, 4) is 11.1 Å². The van der Waals surface area contributed by atoms with Crippen molar-refractivity contribution < 1.29 is 18.0 Å². The first-order valence-corrected chi connectivity index (χ1v) is 14.6. The molecule has 3 heterocycles. The fourth-order valence-electron chi connectivity index (χ4n) is 3.68. The van der Waals surface area contributed by atoms with Crippen LogP contribution in [0.3, 0.4) is 0 Å². The number of amides is 2. The van der Waals surface area contributed by atoms with Gasteiger partial charge in [-0.1, -0.05) is 24.3 Å². The summed E-state index contributed by atoms with van der Waals surface area (Å²) in [5.41, 5.74) is 1.94. The smallest absolute Gasteiger partial charge is 0.267 e. The zero-order valence-electron chi connectivity index (χ0n) is 18.6. The van der Waals surface area contributed by atoms with E-state index in [0.29, 0.717) is 32.3 Å². The first-order chi connectivity index (χ1) is 17.7. The maximum absolute atomic E-state index is 13.4. The summed E-state index contributed by atoms with van der Waals surface area (Å²) in [7, 11) is -3.84. The Balaban J connectivity index is 1.31. The number of anilines is 2. The molecule has 2 amide bonds. The third-order valence-corrected chi connectivity index (χ3v) is 9.27. The Kier molecular flexibility index (Phi) is 6.88. The van der Waals surface area contributed by atoms with Crippen LogP contribution in [0.2, 0.25) is 0 Å². The second kappa shape index (κ2) is 10.1. The Morgan fingerprint density at radius 3 is 1.49 bits per heavy atom. The number of rotatable bonds is 4. The lowest BCUT2D eigenvalue weighted by molar-refractivity contribution is 0.0973. The number of benzene rings is 2. The van der Waals surface area contributed by atoms with E-state index in [2.05, 4.69) is 21.3 Å². The zero-order chi connectivity index (χ0) is 26.2. The lowest BCUT2D eigenvalue weighted by Gasteiger charge is -2.10. The summed E-state index contributed by atoms with van der Waals surface area (Å²) in [6, 6.07) is 16.6. The van der Waals surface area contributed by atoms with E-state index >= 15 is 0 Å². The number of thiophene rings is 2. The number of nitrogens with one attached hydrogen (secondary N) is 4. The van der Waals surface area contributed by atoms with Crippen molar-refractivity contribution in [2.45, 2.75) is 9.79 Å². The van der Waals surface area contributed by atoms with Crippen LogP contribution < -0.4 is 21.3 Å². The third-order valence-electron chi connectivity index (χ3n) is 5.29. The van der Waals surface area contributed by atoms with E-state index in [0.717, 1.165) is 0 Å². The van der Waals surface area contributed by atoms with Crippen molar-refractivity contribution in [1.82, 2.24) is 10.6 Å². The molecule has 0 bridgehead atoms. The number of sulfone groups is 1. The van der Waals surface area contributed by atoms with E-state index in [1.54, 1.807) is 59.3 Å². The first-order valence-electron chi connectivity index (χ1n) is 10.6. The van der Waals surface area contributed by atoms with E-state index < -0.39 is 9.84 Å². The Bertz CT molecular complexity index is 1550. The lowest BCUT2D eigenvalue weighted by Crippen LogP contribution is -2.33. The summed E-state index contributed by atoms with van der Waals surface area (Å²) in [5.74, 6) is -0.698. The van der Waals surface area contributed by atoms with Crippen LogP contribution in [0, 0.1) is 0 Å². The van der Waals surface area contributed by atoms with Crippen molar-refractivity contribution >= 4 is 90.4 Å². The molecule has 0 atom stereocenters. The number of carbonyl (C=O) groups excluding carboxylic acids is 2. The van der Waals surface area contributed by atoms with Gasteiger partial charge in [-0.15, -0.1) is 22.7 Å². The topological polar surface area (TPSA) is 116 Å². The molecular weight excluding hydrogens is 569 g/mol. The number of hydrogen-bond acceptors (Lipinski definition) is 8. The van der Waals surface area contributed by atoms with Gasteiger partial charge in [-0.25, -0.2) is 8.42 Å². The molecule has 5 rings (SSSR count). The molecule has 2 aromatic carbocycles. The van der Waals surface area contributed by atoms with E-state index in [4.69, 9.17) is 24.4 Å². The van der Waals surface area contributed by atoms with Crippen molar-refractivity contribution in [3.63, 3.8) is 0 Å². The van der Waals surface area contributed by atoms with Gasteiger partial charge in [-0.2, -0.15) is 0 Å². The van der Waals surface area contributed by atoms with Gasteiger partial charge in [0.25, 0.3) is 11.8 Å². The molecule has 1 aliphatic rings. The molecule has 186 valence electrons. The van der Waals surface area contributed by atoms with Gasteiger partial charge in [-0.3, -0.25) is 20.2 Å². The molecule has 0 aliphatic carbocycles.